The van der Waals surface area contributed by atoms with E-state index in [1.807, 2.05) is 12.1 Å². The van der Waals surface area contributed by atoms with Crippen LogP contribution in [-0.4, -0.2) is 10.1 Å². The molecular formula is C13H8Cl2N4S. The number of nitriles is 2. The summed E-state index contributed by atoms with van der Waals surface area (Å²) in [6.07, 6.45) is 0. The summed E-state index contributed by atoms with van der Waals surface area (Å²) in [6, 6.07) is 8.91. The highest BCUT2D eigenvalue weighted by molar-refractivity contribution is 8.26. The molecule has 20 heavy (non-hydrogen) atoms. The average Bonchev–Trinajstić information content (AvgIpc) is 2.38. The van der Waals surface area contributed by atoms with Crippen LogP contribution >= 0.6 is 35.0 Å². The van der Waals surface area contributed by atoms with Gasteiger partial charge in [-0.15, -0.1) is 0 Å². The lowest BCUT2D eigenvalue weighted by molar-refractivity contribution is 0.577. The van der Waals surface area contributed by atoms with Gasteiger partial charge in [-0.25, -0.2) is 0 Å². The topological polar surface area (TPSA) is 95.3 Å². The monoisotopic (exact) mass is 322 g/mol. The molecule has 0 aliphatic carbocycles. The Bertz CT molecular complexity index is 642. The van der Waals surface area contributed by atoms with Crippen molar-refractivity contribution >= 4 is 45.1 Å². The quantitative estimate of drug-likeness (QED) is 0.816. The van der Waals surface area contributed by atoms with Gasteiger partial charge in [0.15, 0.2) is 0 Å². The van der Waals surface area contributed by atoms with Crippen LogP contribution in [0.5, 0.6) is 0 Å². The van der Waals surface area contributed by atoms with Gasteiger partial charge in [0.25, 0.3) is 0 Å². The molecule has 1 saturated heterocycles. The third-order valence-corrected chi connectivity index (χ3v) is 4.61. The zero-order valence-electron chi connectivity index (χ0n) is 10.0. The Morgan fingerprint density at radius 3 is 2.05 bits per heavy atom. The van der Waals surface area contributed by atoms with Crippen molar-refractivity contribution in [1.82, 2.24) is 0 Å². The summed E-state index contributed by atoms with van der Waals surface area (Å²) in [6.45, 7) is 0. The fourth-order valence-corrected chi connectivity index (χ4v) is 3.60. The molecule has 7 heteroatoms. The molecule has 1 heterocycles. The Morgan fingerprint density at radius 1 is 1.05 bits per heavy atom. The van der Waals surface area contributed by atoms with Gasteiger partial charge in [0.2, 0.25) is 0 Å². The highest BCUT2D eigenvalue weighted by Crippen LogP contribution is 2.44. The first-order valence-electron chi connectivity index (χ1n) is 5.58. The number of nitrogens with one attached hydrogen (secondary N) is 2. The van der Waals surface area contributed by atoms with Crippen molar-refractivity contribution < 1.29 is 0 Å². The van der Waals surface area contributed by atoms with Gasteiger partial charge in [-0.2, -0.15) is 10.5 Å². The molecule has 2 rings (SSSR count). The molecule has 2 atom stereocenters. The van der Waals surface area contributed by atoms with Crippen molar-refractivity contribution in [2.45, 2.75) is 5.92 Å². The predicted octanol–water partition coefficient (Wildman–Crippen LogP) is 4.06. The summed E-state index contributed by atoms with van der Waals surface area (Å²) in [5.74, 6) is -2.18. The molecule has 0 amide bonds. The van der Waals surface area contributed by atoms with Crippen LogP contribution in [0.4, 0.5) is 0 Å². The Morgan fingerprint density at radius 2 is 1.60 bits per heavy atom. The molecular weight excluding hydrogens is 315 g/mol. The number of hydrogen-bond acceptors (Lipinski definition) is 5. The third-order valence-electron chi connectivity index (χ3n) is 3.10. The van der Waals surface area contributed by atoms with Crippen molar-refractivity contribution in [3.63, 3.8) is 0 Å². The van der Waals surface area contributed by atoms with Crippen LogP contribution in [0.1, 0.15) is 11.5 Å². The first kappa shape index (κ1) is 14.9. The van der Waals surface area contributed by atoms with E-state index in [2.05, 4.69) is 0 Å². The van der Waals surface area contributed by atoms with E-state index in [-0.39, 0.29) is 10.1 Å². The smallest absolute Gasteiger partial charge is 0.103 e. The molecule has 4 nitrogen and oxygen atoms in total. The van der Waals surface area contributed by atoms with Crippen LogP contribution in [0.25, 0.3) is 0 Å². The minimum Gasteiger partial charge on any atom is -0.297 e. The van der Waals surface area contributed by atoms with Crippen molar-refractivity contribution in [2.75, 3.05) is 0 Å². The lowest BCUT2D eigenvalue weighted by Gasteiger charge is -2.32. The molecule has 2 N–H and O–H groups in total. The van der Waals surface area contributed by atoms with Crippen LogP contribution < -0.4 is 0 Å². The Hall–Kier alpha value is -1.53. The molecule has 0 saturated carbocycles. The van der Waals surface area contributed by atoms with Crippen LogP contribution in [0.15, 0.2) is 18.2 Å². The van der Waals surface area contributed by atoms with E-state index in [1.165, 1.54) is 6.07 Å². The Kier molecular flexibility index (Phi) is 4.35. The van der Waals surface area contributed by atoms with E-state index in [1.54, 1.807) is 12.1 Å². The molecule has 1 aliphatic rings. The summed E-state index contributed by atoms with van der Waals surface area (Å²) in [7, 11) is 0. The minimum atomic E-state index is -0.780. The summed E-state index contributed by atoms with van der Waals surface area (Å²) < 4.78 is 0. The second kappa shape index (κ2) is 5.85. The molecule has 1 aliphatic heterocycles. The Balaban J connectivity index is 2.58. The number of benzene rings is 1. The van der Waals surface area contributed by atoms with Crippen molar-refractivity contribution in [1.29, 1.82) is 21.3 Å². The van der Waals surface area contributed by atoms with Crippen LogP contribution in [0.3, 0.4) is 0 Å². The van der Waals surface area contributed by atoms with Crippen LogP contribution in [0.2, 0.25) is 10.0 Å². The van der Waals surface area contributed by atoms with E-state index in [4.69, 9.17) is 34.0 Å². The van der Waals surface area contributed by atoms with Gasteiger partial charge in [-0.05, 0) is 17.7 Å². The zero-order valence-corrected chi connectivity index (χ0v) is 12.4. The van der Waals surface area contributed by atoms with Gasteiger partial charge >= 0.3 is 0 Å². The molecule has 1 fully saturated rings. The van der Waals surface area contributed by atoms with E-state index in [9.17, 15) is 10.5 Å². The highest BCUT2D eigenvalue weighted by Gasteiger charge is 2.42. The van der Waals surface area contributed by atoms with E-state index < -0.39 is 17.8 Å². The lowest BCUT2D eigenvalue weighted by Crippen LogP contribution is -2.34. The molecule has 2 unspecified atom stereocenters. The molecule has 0 radical (unpaired) electrons. The highest BCUT2D eigenvalue weighted by atomic mass is 35.5. The number of halogens is 2. The van der Waals surface area contributed by atoms with E-state index in [0.29, 0.717) is 15.6 Å². The SMILES string of the molecule is N#CC1C(=N)SC(=N)C(C#N)C1c1ccc(Cl)cc1Cl. The molecule has 100 valence electrons. The maximum atomic E-state index is 9.29. The molecule has 1 aromatic rings. The second-order valence-corrected chi connectivity index (χ2v) is 6.16. The summed E-state index contributed by atoms with van der Waals surface area (Å²) in [4.78, 5) is 0. The van der Waals surface area contributed by atoms with Gasteiger partial charge in [0.05, 0.1) is 22.2 Å². The fourth-order valence-electron chi connectivity index (χ4n) is 2.17. The normalized spacial score (nSPS) is 25.9. The summed E-state index contributed by atoms with van der Waals surface area (Å²) >= 11 is 12.9. The van der Waals surface area contributed by atoms with Crippen LogP contribution in [-0.2, 0) is 0 Å². The standard InChI is InChI=1S/C13H8Cl2N4S/c14-6-1-2-7(10(15)3-6)11-8(4-16)12(18)20-13(19)9(11)5-17/h1-3,8-9,11,18-19H. The first-order valence-corrected chi connectivity index (χ1v) is 7.15. The molecule has 0 aromatic heterocycles. The first-order chi connectivity index (χ1) is 9.49. The van der Waals surface area contributed by atoms with Crippen LogP contribution in [0, 0.1) is 45.3 Å². The molecule has 0 bridgehead atoms. The number of rotatable bonds is 1. The number of nitrogens with zero attached hydrogens (tertiary/aromatic N) is 2. The van der Waals surface area contributed by atoms with Gasteiger partial charge < -0.3 is 0 Å². The van der Waals surface area contributed by atoms with Crippen molar-refractivity contribution in [3.8, 4) is 12.1 Å². The maximum absolute atomic E-state index is 9.29. The largest absolute Gasteiger partial charge is 0.297 e. The Labute approximate surface area is 130 Å². The van der Waals surface area contributed by atoms with Gasteiger partial charge in [0.1, 0.15) is 11.8 Å². The molecule has 1 aromatic carbocycles. The van der Waals surface area contributed by atoms with Gasteiger partial charge in [0, 0.05) is 16.0 Å². The fraction of sp³-hybridized carbons (Fsp3) is 0.231. The summed E-state index contributed by atoms with van der Waals surface area (Å²) in [5.41, 5.74) is 0.573. The predicted molar refractivity (Wildman–Crippen MR) is 80.5 cm³/mol. The van der Waals surface area contributed by atoms with Crippen molar-refractivity contribution in [2.24, 2.45) is 11.8 Å². The minimum absolute atomic E-state index is 0.0695. The third kappa shape index (κ3) is 2.53. The molecule has 0 spiro atoms. The second-order valence-electron chi connectivity index (χ2n) is 4.24. The van der Waals surface area contributed by atoms with Crippen molar-refractivity contribution in [3.05, 3.63) is 33.8 Å². The zero-order chi connectivity index (χ0) is 14.9. The van der Waals surface area contributed by atoms with Gasteiger partial charge in [-0.3, -0.25) is 10.8 Å². The average molecular weight is 323 g/mol. The summed E-state index contributed by atoms with van der Waals surface area (Å²) in [5, 5.41) is 35.2. The number of thioether (sulfide) groups is 1. The van der Waals surface area contributed by atoms with E-state index >= 15 is 0 Å². The maximum Gasteiger partial charge on any atom is 0.103 e. The lowest BCUT2D eigenvalue weighted by atomic mass is 9.78. The van der Waals surface area contributed by atoms with Gasteiger partial charge in [-0.1, -0.05) is 41.0 Å². The van der Waals surface area contributed by atoms with E-state index in [0.717, 1.165) is 11.8 Å². The number of hydrogen-bond donors (Lipinski definition) is 2.